The van der Waals surface area contributed by atoms with Crippen molar-refractivity contribution in [2.75, 3.05) is 6.54 Å². The molecule has 2 N–H and O–H groups in total. The highest BCUT2D eigenvalue weighted by atomic mass is 19.3. The number of amides is 2. The lowest BCUT2D eigenvalue weighted by atomic mass is 9.49. The predicted molar refractivity (Wildman–Crippen MR) is 98.5 cm³/mol. The number of halogens is 2. The maximum atomic E-state index is 12.8. The van der Waals surface area contributed by atoms with Crippen molar-refractivity contribution in [3.05, 3.63) is 29.8 Å². The summed E-state index contributed by atoms with van der Waals surface area (Å²) in [6.07, 6.45) is 6.73. The number of benzene rings is 1. The molecule has 0 atom stereocenters. The fourth-order valence-electron chi connectivity index (χ4n) is 5.79. The zero-order chi connectivity index (χ0) is 19.7. The molecule has 2 amide bonds. The molecule has 4 aliphatic rings. The van der Waals surface area contributed by atoms with Crippen LogP contribution in [0.1, 0.15) is 44.1 Å². The average molecular weight is 392 g/mol. The first-order chi connectivity index (χ1) is 13.4. The monoisotopic (exact) mass is 392 g/mol. The van der Waals surface area contributed by atoms with Gasteiger partial charge >= 0.3 is 6.61 Å². The van der Waals surface area contributed by atoms with Gasteiger partial charge < -0.3 is 15.4 Å². The molecular formula is C21H26F2N2O3. The number of hydrogen-bond donors (Lipinski definition) is 2. The zero-order valence-electron chi connectivity index (χ0n) is 15.8. The van der Waals surface area contributed by atoms with Crippen LogP contribution in [0.4, 0.5) is 8.78 Å². The highest BCUT2D eigenvalue weighted by Gasteiger charge is 2.54. The molecule has 28 heavy (non-hydrogen) atoms. The number of hydrogen-bond acceptors (Lipinski definition) is 3. The topological polar surface area (TPSA) is 67.4 Å². The molecule has 4 aliphatic carbocycles. The Hall–Kier alpha value is -2.18. The minimum absolute atomic E-state index is 0.0346. The Morgan fingerprint density at radius 1 is 1.00 bits per heavy atom. The Morgan fingerprint density at radius 2 is 1.57 bits per heavy atom. The SMILES string of the molecule is O=C(CNC(=O)C12CC3CC(CC(C3)C1)C2)NCc1ccc(OC(F)F)cc1. The number of nitrogens with one attached hydrogen (secondary N) is 2. The molecule has 0 heterocycles. The van der Waals surface area contributed by atoms with E-state index in [1.165, 1.54) is 31.4 Å². The van der Waals surface area contributed by atoms with Gasteiger partial charge in [-0.1, -0.05) is 12.1 Å². The molecule has 152 valence electrons. The van der Waals surface area contributed by atoms with Crippen molar-refractivity contribution >= 4 is 11.8 Å². The van der Waals surface area contributed by atoms with Crippen molar-refractivity contribution in [3.63, 3.8) is 0 Å². The fourth-order valence-corrected chi connectivity index (χ4v) is 5.79. The van der Waals surface area contributed by atoms with E-state index in [1.54, 1.807) is 12.1 Å². The number of alkyl halides is 2. The molecule has 0 saturated heterocycles. The van der Waals surface area contributed by atoms with E-state index in [1.807, 2.05) is 0 Å². The Kier molecular flexibility index (Phi) is 5.25. The summed E-state index contributed by atoms with van der Waals surface area (Å²) in [5, 5.41) is 5.60. The van der Waals surface area contributed by atoms with Gasteiger partial charge in [0.2, 0.25) is 11.8 Å². The van der Waals surface area contributed by atoms with Gasteiger partial charge in [-0.15, -0.1) is 0 Å². The summed E-state index contributed by atoms with van der Waals surface area (Å²) in [6, 6.07) is 6.10. The van der Waals surface area contributed by atoms with E-state index in [9.17, 15) is 18.4 Å². The lowest BCUT2D eigenvalue weighted by Crippen LogP contribution is -2.54. The van der Waals surface area contributed by atoms with Crippen molar-refractivity contribution in [3.8, 4) is 5.75 Å². The van der Waals surface area contributed by atoms with Gasteiger partial charge in [0, 0.05) is 12.0 Å². The molecule has 7 heteroatoms. The van der Waals surface area contributed by atoms with E-state index >= 15 is 0 Å². The summed E-state index contributed by atoms with van der Waals surface area (Å²) in [4.78, 5) is 24.9. The molecule has 1 aromatic carbocycles. The van der Waals surface area contributed by atoms with Gasteiger partial charge in [-0.25, -0.2) is 0 Å². The molecule has 4 fully saturated rings. The zero-order valence-corrected chi connectivity index (χ0v) is 15.8. The smallest absolute Gasteiger partial charge is 0.387 e. The van der Waals surface area contributed by atoms with Crippen molar-refractivity contribution in [2.45, 2.75) is 51.7 Å². The lowest BCUT2D eigenvalue weighted by Gasteiger charge is -2.55. The Bertz CT molecular complexity index is 700. The van der Waals surface area contributed by atoms with Crippen LogP contribution in [-0.4, -0.2) is 25.0 Å². The van der Waals surface area contributed by atoms with Crippen molar-refractivity contribution in [1.29, 1.82) is 0 Å². The summed E-state index contributed by atoms with van der Waals surface area (Å²) < 4.78 is 28.6. The third-order valence-corrected chi connectivity index (χ3v) is 6.57. The van der Waals surface area contributed by atoms with Crippen LogP contribution in [0.25, 0.3) is 0 Å². The number of carbonyl (C=O) groups is 2. The largest absolute Gasteiger partial charge is 0.435 e. The van der Waals surface area contributed by atoms with E-state index < -0.39 is 6.61 Å². The second kappa shape index (κ2) is 7.68. The average Bonchev–Trinajstić information content (AvgIpc) is 2.64. The quantitative estimate of drug-likeness (QED) is 0.749. The van der Waals surface area contributed by atoms with Crippen LogP contribution < -0.4 is 15.4 Å². The second-order valence-corrected chi connectivity index (χ2v) is 8.68. The van der Waals surface area contributed by atoms with Crippen LogP contribution in [0.5, 0.6) is 5.75 Å². The molecule has 1 aromatic rings. The van der Waals surface area contributed by atoms with Crippen LogP contribution in [0.2, 0.25) is 0 Å². The van der Waals surface area contributed by atoms with Gasteiger partial charge in [-0.2, -0.15) is 8.78 Å². The maximum absolute atomic E-state index is 12.8. The molecule has 4 bridgehead atoms. The molecule has 0 radical (unpaired) electrons. The standard InChI is InChI=1S/C21H26F2N2O3/c22-20(23)28-17-3-1-13(2-4-17)11-24-18(26)12-25-19(27)21-8-14-5-15(9-21)7-16(6-14)10-21/h1-4,14-16,20H,5-12H2,(H,24,26)(H,25,27). The summed E-state index contributed by atoms with van der Waals surface area (Å²) in [7, 11) is 0. The third-order valence-electron chi connectivity index (χ3n) is 6.57. The van der Waals surface area contributed by atoms with Gasteiger partial charge in [-0.3, -0.25) is 9.59 Å². The molecule has 5 rings (SSSR count). The molecule has 0 aliphatic heterocycles. The van der Waals surface area contributed by atoms with E-state index in [0.29, 0.717) is 17.8 Å². The van der Waals surface area contributed by atoms with Crippen LogP contribution in [0.15, 0.2) is 24.3 Å². The Morgan fingerprint density at radius 3 is 2.11 bits per heavy atom. The van der Waals surface area contributed by atoms with Crippen LogP contribution in [0.3, 0.4) is 0 Å². The first-order valence-corrected chi connectivity index (χ1v) is 10.0. The number of rotatable bonds is 7. The van der Waals surface area contributed by atoms with Gasteiger partial charge in [0.05, 0.1) is 6.54 Å². The van der Waals surface area contributed by atoms with Gasteiger partial charge in [0.15, 0.2) is 0 Å². The number of carbonyl (C=O) groups excluding carboxylic acids is 2. The number of ether oxygens (including phenoxy) is 1. The predicted octanol–water partition coefficient (Wildman–Crippen LogP) is 3.24. The normalized spacial score (nSPS) is 30.3. The van der Waals surface area contributed by atoms with Crippen molar-refractivity contribution < 1.29 is 23.1 Å². The van der Waals surface area contributed by atoms with Gasteiger partial charge in [-0.05, 0) is 74.0 Å². The minimum atomic E-state index is -2.86. The van der Waals surface area contributed by atoms with Crippen molar-refractivity contribution in [2.24, 2.45) is 23.2 Å². The minimum Gasteiger partial charge on any atom is -0.435 e. The van der Waals surface area contributed by atoms with Crippen LogP contribution >= 0.6 is 0 Å². The van der Waals surface area contributed by atoms with Crippen LogP contribution in [-0.2, 0) is 16.1 Å². The van der Waals surface area contributed by atoms with Crippen LogP contribution in [0, 0.1) is 23.2 Å². The summed E-state index contributed by atoms with van der Waals surface area (Å²) in [5.74, 6) is 1.91. The third kappa shape index (κ3) is 4.13. The fraction of sp³-hybridized carbons (Fsp3) is 0.619. The van der Waals surface area contributed by atoms with Crippen molar-refractivity contribution in [1.82, 2.24) is 10.6 Å². The van der Waals surface area contributed by atoms with E-state index in [4.69, 9.17) is 0 Å². The second-order valence-electron chi connectivity index (χ2n) is 8.68. The summed E-state index contributed by atoms with van der Waals surface area (Å²) >= 11 is 0. The highest BCUT2D eigenvalue weighted by Crippen LogP contribution is 2.60. The van der Waals surface area contributed by atoms with E-state index in [2.05, 4.69) is 15.4 Å². The van der Waals surface area contributed by atoms with Gasteiger partial charge in [0.1, 0.15) is 5.75 Å². The highest BCUT2D eigenvalue weighted by molar-refractivity contribution is 5.88. The first kappa shape index (κ1) is 19.2. The lowest BCUT2D eigenvalue weighted by molar-refractivity contribution is -0.147. The molecule has 4 saturated carbocycles. The molecule has 0 unspecified atom stereocenters. The Labute approximate surface area is 163 Å². The maximum Gasteiger partial charge on any atom is 0.387 e. The van der Waals surface area contributed by atoms with E-state index in [-0.39, 0.29) is 36.1 Å². The van der Waals surface area contributed by atoms with E-state index in [0.717, 1.165) is 24.8 Å². The molecule has 5 nitrogen and oxygen atoms in total. The van der Waals surface area contributed by atoms with Gasteiger partial charge in [0.25, 0.3) is 0 Å². The molecule has 0 aromatic heterocycles. The Balaban J connectivity index is 1.23. The first-order valence-electron chi connectivity index (χ1n) is 10.0. The summed E-state index contributed by atoms with van der Waals surface area (Å²) in [6.45, 7) is -2.63. The summed E-state index contributed by atoms with van der Waals surface area (Å²) in [5.41, 5.74) is 0.512. The molecular weight excluding hydrogens is 366 g/mol. The molecule has 0 spiro atoms.